The summed E-state index contributed by atoms with van der Waals surface area (Å²) in [6, 6.07) is 7.14. The lowest BCUT2D eigenvalue weighted by molar-refractivity contribution is 0.0631. The maximum atomic E-state index is 15.5. The number of hydrogen-bond acceptors (Lipinski definition) is 9. The van der Waals surface area contributed by atoms with Crippen LogP contribution in [-0.2, 0) is 0 Å². The summed E-state index contributed by atoms with van der Waals surface area (Å²) in [6.45, 7) is 0. The van der Waals surface area contributed by atoms with E-state index in [-0.39, 0.29) is 22.7 Å². The van der Waals surface area contributed by atoms with Crippen LogP contribution in [0.5, 0.6) is 5.75 Å². The second kappa shape index (κ2) is 8.55. The van der Waals surface area contributed by atoms with Gasteiger partial charge < -0.3 is 10.0 Å². The molecule has 1 N–H and O–H groups in total. The van der Waals surface area contributed by atoms with Crippen LogP contribution >= 0.6 is 11.3 Å². The number of aromatic nitrogens is 5. The molecule has 4 atom stereocenters. The fourth-order valence-corrected chi connectivity index (χ4v) is 6.26. The Balaban J connectivity index is 1.25. The molecule has 0 aliphatic heterocycles. The van der Waals surface area contributed by atoms with Crippen molar-refractivity contribution in [2.24, 2.45) is 11.8 Å². The molecule has 6 rings (SSSR count). The largest absolute Gasteiger partial charge is 0.507 e. The molecular weight excluding hydrogens is 453 g/mol. The number of nitriles is 1. The molecule has 3 aliphatic rings. The van der Waals surface area contributed by atoms with Gasteiger partial charge in [0.2, 0.25) is 5.01 Å². The summed E-state index contributed by atoms with van der Waals surface area (Å²) in [4.78, 5) is 6.63. The molecule has 2 aromatic heterocycles. The molecule has 3 aromatic rings. The average Bonchev–Trinajstić information content (AvgIpc) is 3.57. The zero-order chi connectivity index (χ0) is 23.2. The topological polar surface area (TPSA) is 112 Å². The van der Waals surface area contributed by atoms with Crippen LogP contribution in [0.3, 0.4) is 0 Å². The molecule has 0 amide bonds. The minimum absolute atomic E-state index is 0.0104. The summed E-state index contributed by atoms with van der Waals surface area (Å²) < 4.78 is 15.5. The molecule has 2 heterocycles. The summed E-state index contributed by atoms with van der Waals surface area (Å²) in [6.07, 6.45) is 8.13. The molecule has 0 radical (unpaired) electrons. The lowest BCUT2D eigenvalue weighted by Gasteiger charge is -2.46. The van der Waals surface area contributed by atoms with Gasteiger partial charge in [-0.15, -0.1) is 20.4 Å². The third kappa shape index (κ3) is 3.88. The highest BCUT2D eigenvalue weighted by Gasteiger charge is 2.46. The summed E-state index contributed by atoms with van der Waals surface area (Å²) in [5, 5.41) is 36.9. The Morgan fingerprint density at radius 3 is 2.68 bits per heavy atom. The summed E-state index contributed by atoms with van der Waals surface area (Å²) in [5.74, 6) is 1.67. The van der Waals surface area contributed by atoms with E-state index in [0.29, 0.717) is 39.7 Å². The monoisotopic (exact) mass is 477 g/mol. The molecule has 2 bridgehead atoms. The molecule has 3 saturated carbocycles. The predicted molar refractivity (Wildman–Crippen MR) is 125 cm³/mol. The number of rotatable bonds is 5. The van der Waals surface area contributed by atoms with E-state index in [1.165, 1.54) is 6.42 Å². The summed E-state index contributed by atoms with van der Waals surface area (Å²) in [5.41, 5.74) is 1.10. The molecule has 3 fully saturated rings. The first-order chi connectivity index (χ1) is 16.6. The Morgan fingerprint density at radius 2 is 1.97 bits per heavy atom. The number of nitrogens with zero attached hydrogens (tertiary/aromatic N) is 7. The van der Waals surface area contributed by atoms with Crippen molar-refractivity contribution >= 4 is 17.2 Å². The van der Waals surface area contributed by atoms with Crippen LogP contribution in [0.25, 0.3) is 22.0 Å². The van der Waals surface area contributed by atoms with Gasteiger partial charge >= 0.3 is 0 Å². The Labute approximate surface area is 200 Å². The second-order valence-electron chi connectivity index (χ2n) is 9.57. The van der Waals surface area contributed by atoms with Crippen LogP contribution < -0.4 is 4.90 Å². The van der Waals surface area contributed by atoms with Crippen LogP contribution in [0, 0.1) is 23.2 Å². The van der Waals surface area contributed by atoms with Gasteiger partial charge in [-0.1, -0.05) is 30.2 Å². The van der Waals surface area contributed by atoms with Crippen molar-refractivity contribution in [2.45, 2.75) is 63.2 Å². The maximum absolute atomic E-state index is 15.5. The number of fused-ring (bicyclic) bond motifs is 2. The maximum Gasteiger partial charge on any atom is 0.218 e. The third-order valence-electron chi connectivity index (χ3n) is 7.33. The van der Waals surface area contributed by atoms with Crippen molar-refractivity contribution < 1.29 is 9.50 Å². The van der Waals surface area contributed by atoms with Gasteiger partial charge in [0.1, 0.15) is 23.0 Å². The first kappa shape index (κ1) is 21.4. The zero-order valence-corrected chi connectivity index (χ0v) is 19.3. The van der Waals surface area contributed by atoms with E-state index >= 15 is 4.39 Å². The minimum atomic E-state index is -0.836. The first-order valence-electron chi connectivity index (χ1n) is 11.8. The molecule has 8 nitrogen and oxygen atoms in total. The van der Waals surface area contributed by atoms with Crippen molar-refractivity contribution in [3.05, 3.63) is 29.4 Å². The van der Waals surface area contributed by atoms with Gasteiger partial charge in [-0.25, -0.2) is 9.37 Å². The van der Waals surface area contributed by atoms with Crippen LogP contribution in [0.2, 0.25) is 0 Å². The summed E-state index contributed by atoms with van der Waals surface area (Å²) >= 11 is 1.16. The van der Waals surface area contributed by atoms with Crippen LogP contribution in [-0.4, -0.2) is 48.7 Å². The Bertz CT molecular complexity index is 1240. The number of alkyl halides is 1. The van der Waals surface area contributed by atoms with Crippen LogP contribution in [0.4, 0.5) is 10.2 Å². The third-order valence-corrected chi connectivity index (χ3v) is 8.21. The second-order valence-corrected chi connectivity index (χ2v) is 10.6. The summed E-state index contributed by atoms with van der Waals surface area (Å²) in [7, 11) is 0. The fraction of sp³-hybridized carbons (Fsp3) is 0.500. The number of aromatic hydroxyl groups is 1. The van der Waals surface area contributed by atoms with Crippen LogP contribution in [0.15, 0.2) is 24.4 Å². The molecule has 0 saturated heterocycles. The van der Waals surface area contributed by atoms with Crippen molar-refractivity contribution in [1.82, 2.24) is 25.4 Å². The average molecular weight is 478 g/mol. The Morgan fingerprint density at radius 1 is 1.09 bits per heavy atom. The van der Waals surface area contributed by atoms with E-state index in [4.69, 9.17) is 5.26 Å². The van der Waals surface area contributed by atoms with Crippen molar-refractivity contribution in [3.63, 3.8) is 0 Å². The van der Waals surface area contributed by atoms with E-state index in [0.717, 1.165) is 49.9 Å². The van der Waals surface area contributed by atoms with E-state index in [1.807, 2.05) is 6.07 Å². The zero-order valence-electron chi connectivity index (χ0n) is 18.5. The van der Waals surface area contributed by atoms with E-state index in [1.54, 1.807) is 24.4 Å². The van der Waals surface area contributed by atoms with Gasteiger partial charge in [-0.2, -0.15) is 5.26 Å². The highest BCUT2D eigenvalue weighted by Crippen LogP contribution is 2.46. The number of halogens is 1. The highest BCUT2D eigenvalue weighted by molar-refractivity contribution is 7.15. The van der Waals surface area contributed by atoms with Gasteiger partial charge in [0.05, 0.1) is 17.8 Å². The number of hydrogen-bond donors (Lipinski definition) is 1. The van der Waals surface area contributed by atoms with Gasteiger partial charge in [-0.3, -0.25) is 0 Å². The molecule has 0 unspecified atom stereocenters. The first-order valence-corrected chi connectivity index (χ1v) is 12.6. The number of phenols is 1. The normalized spacial score (nSPS) is 26.1. The van der Waals surface area contributed by atoms with Gasteiger partial charge in [0.25, 0.3) is 0 Å². The minimum Gasteiger partial charge on any atom is -0.507 e. The molecule has 3 aliphatic carbocycles. The van der Waals surface area contributed by atoms with Gasteiger partial charge in [0, 0.05) is 11.6 Å². The van der Waals surface area contributed by atoms with Gasteiger partial charge in [-0.05, 0) is 56.1 Å². The van der Waals surface area contributed by atoms with Crippen molar-refractivity contribution in [2.75, 3.05) is 4.90 Å². The molecule has 34 heavy (non-hydrogen) atoms. The lowest BCUT2D eigenvalue weighted by atomic mass is 9.69. The lowest BCUT2D eigenvalue weighted by Crippen LogP contribution is -2.52. The SMILES string of the molecule is N#Cc1nnc(-c2ccc(-c3ncc(N(C4CC4)[C@H]4C[C@@H]5CCC[C@@H](C5)[C@H]4F)nn3)c(O)c2)s1. The van der Waals surface area contributed by atoms with Crippen molar-refractivity contribution in [3.8, 4) is 33.8 Å². The van der Waals surface area contributed by atoms with Crippen molar-refractivity contribution in [1.29, 1.82) is 5.26 Å². The van der Waals surface area contributed by atoms with Crippen LogP contribution in [0.1, 0.15) is 50.0 Å². The highest BCUT2D eigenvalue weighted by atomic mass is 32.1. The molecule has 0 spiro atoms. The Kier molecular flexibility index (Phi) is 5.37. The number of phenolic OH excluding ortho intramolecular Hbond substituents is 1. The van der Waals surface area contributed by atoms with E-state index in [9.17, 15) is 5.11 Å². The van der Waals surface area contributed by atoms with E-state index < -0.39 is 6.17 Å². The molecule has 174 valence electrons. The predicted octanol–water partition coefficient (Wildman–Crippen LogP) is 4.52. The Hall–Kier alpha value is -3.19. The fourth-order valence-electron chi connectivity index (χ4n) is 5.62. The molecule has 10 heteroatoms. The quantitative estimate of drug-likeness (QED) is 0.571. The van der Waals surface area contributed by atoms with Gasteiger partial charge in [0.15, 0.2) is 11.6 Å². The standard InChI is InChI=1S/C24H24FN7OS/c25-22-14-3-1-2-13(8-14)9-18(22)32(16-5-6-16)20-12-27-23(30-28-20)17-7-4-15(10-19(17)33)24-31-29-21(11-26)34-24/h4,7,10,12-14,16,18,22,33H,1-3,5-6,8-9H2/t13-,14+,18+,22-/m1/s1. The number of anilines is 1. The molecular formula is C24H24FN7OS. The molecule has 1 aromatic carbocycles. The van der Waals surface area contributed by atoms with E-state index in [2.05, 4.69) is 30.3 Å². The number of benzene rings is 1. The smallest absolute Gasteiger partial charge is 0.218 e.